The van der Waals surface area contributed by atoms with Crippen molar-refractivity contribution in [2.45, 2.75) is 104 Å². The van der Waals surface area contributed by atoms with E-state index in [9.17, 15) is 4.79 Å². The van der Waals surface area contributed by atoms with Crippen LogP contribution in [0.15, 0.2) is 57.8 Å². The lowest BCUT2D eigenvalue weighted by atomic mass is 9.84. The molecule has 2 aliphatic rings. The SMILES string of the molecule is C=N/C(=C\C(=C/C)C(C)(C)C)C1CCC2CN(c3nc(C(C)(C)C)ncc3C(=O)NSc3cccc(n3)N1)C(C)(C)C2. The van der Waals surface area contributed by atoms with Crippen molar-refractivity contribution in [1.29, 1.82) is 0 Å². The molecule has 1 amide bonds. The number of allylic oxidation sites excluding steroid dienone is 3. The smallest absolute Gasteiger partial charge is 0.266 e. The number of nitrogens with one attached hydrogen (secondary N) is 2. The van der Waals surface area contributed by atoms with Gasteiger partial charge in [0.15, 0.2) is 0 Å². The number of aliphatic imine (C=N–C) groups is 1. The molecule has 2 atom stereocenters. The van der Waals surface area contributed by atoms with Gasteiger partial charge in [-0.15, -0.1) is 0 Å². The third kappa shape index (κ3) is 7.22. The molecule has 1 saturated heterocycles. The number of hydrogen-bond acceptors (Lipinski definition) is 8. The van der Waals surface area contributed by atoms with Gasteiger partial charge in [-0.05, 0) is 81.9 Å². The number of anilines is 2. The molecule has 1 fully saturated rings. The zero-order chi connectivity index (χ0) is 30.9. The Morgan fingerprint density at radius 3 is 2.55 bits per heavy atom. The van der Waals surface area contributed by atoms with Crippen LogP contribution in [0.5, 0.6) is 0 Å². The van der Waals surface area contributed by atoms with Crippen LogP contribution in [0.3, 0.4) is 0 Å². The molecule has 0 aliphatic carbocycles. The topological polar surface area (TPSA) is 95.4 Å². The van der Waals surface area contributed by atoms with Gasteiger partial charge in [0.1, 0.15) is 28.0 Å². The number of nitrogens with zero attached hydrogens (tertiary/aromatic N) is 5. The molecule has 4 bridgehead atoms. The van der Waals surface area contributed by atoms with Crippen LogP contribution in [0.1, 0.15) is 97.8 Å². The minimum absolute atomic E-state index is 0.0192. The number of carbonyl (C=O) groups is 1. The lowest BCUT2D eigenvalue weighted by Crippen LogP contribution is -2.40. The molecule has 0 radical (unpaired) electrons. The van der Waals surface area contributed by atoms with Gasteiger partial charge in [-0.3, -0.25) is 14.5 Å². The summed E-state index contributed by atoms with van der Waals surface area (Å²) in [5, 5.41) is 4.33. The largest absolute Gasteiger partial charge is 0.362 e. The molecule has 8 nitrogen and oxygen atoms in total. The fraction of sp³-hybridized carbons (Fsp3) is 0.545. The number of amides is 1. The Bertz CT molecular complexity index is 1380. The van der Waals surface area contributed by atoms with Crippen LogP contribution in [-0.2, 0) is 5.41 Å². The molecule has 226 valence electrons. The zero-order valence-corrected chi connectivity index (χ0v) is 27.5. The minimum Gasteiger partial charge on any atom is -0.362 e. The number of hydrogen-bond donors (Lipinski definition) is 2. The maximum Gasteiger partial charge on any atom is 0.266 e. The first-order valence-corrected chi connectivity index (χ1v) is 15.6. The fourth-order valence-electron chi connectivity index (χ4n) is 5.78. The second-order valence-corrected chi connectivity index (χ2v) is 14.9. The van der Waals surface area contributed by atoms with Crippen molar-refractivity contribution in [2.75, 3.05) is 16.8 Å². The third-order valence-electron chi connectivity index (χ3n) is 8.08. The van der Waals surface area contributed by atoms with Gasteiger partial charge in [0, 0.05) is 35.6 Å². The molecule has 42 heavy (non-hydrogen) atoms. The molecule has 2 aromatic rings. The van der Waals surface area contributed by atoms with Crippen molar-refractivity contribution in [3.63, 3.8) is 0 Å². The Kier molecular flexibility index (Phi) is 9.21. The predicted molar refractivity (Wildman–Crippen MR) is 175 cm³/mol. The van der Waals surface area contributed by atoms with E-state index in [0.29, 0.717) is 22.3 Å². The summed E-state index contributed by atoms with van der Waals surface area (Å²) in [6.07, 6.45) is 8.82. The lowest BCUT2D eigenvalue weighted by Gasteiger charge is -2.34. The quantitative estimate of drug-likeness (QED) is 0.219. The van der Waals surface area contributed by atoms with E-state index in [4.69, 9.17) is 9.97 Å². The van der Waals surface area contributed by atoms with Crippen molar-refractivity contribution in [2.24, 2.45) is 16.3 Å². The number of pyridine rings is 1. The van der Waals surface area contributed by atoms with E-state index in [2.05, 4.69) is 106 Å². The van der Waals surface area contributed by atoms with Crippen molar-refractivity contribution < 1.29 is 4.79 Å². The molecule has 4 rings (SSSR count). The summed E-state index contributed by atoms with van der Waals surface area (Å²) in [7, 11) is 0. The standard InChI is InChI=1S/C33H47N7OS/c1-11-22(31(2,3)4)17-25(34-10)24-16-15-21-18-33(8,9)40(20-21)28-23(19-35-30(38-28)32(5,6)7)29(41)39-42-27-14-12-13-26(36-24)37-27/h11-14,17,19,21,24H,10,15-16,18,20H2,1-9H3,(H,36,37)(H,39,41)/b22-11+,25-17-. The normalized spacial score (nSPS) is 21.9. The van der Waals surface area contributed by atoms with E-state index in [1.54, 1.807) is 6.20 Å². The molecular formula is C33H47N7OS. The lowest BCUT2D eigenvalue weighted by molar-refractivity contribution is 0.0984. The number of carbonyl (C=O) groups excluding carboxylic acids is 1. The van der Waals surface area contributed by atoms with Gasteiger partial charge in [0.05, 0.1) is 11.7 Å². The molecule has 9 heteroatoms. The van der Waals surface area contributed by atoms with Crippen molar-refractivity contribution in [3.05, 3.63) is 59.2 Å². The van der Waals surface area contributed by atoms with Crippen LogP contribution in [0.2, 0.25) is 0 Å². The molecule has 2 unspecified atom stereocenters. The first kappa shape index (κ1) is 31.7. The molecule has 4 heterocycles. The van der Waals surface area contributed by atoms with E-state index in [1.165, 1.54) is 17.5 Å². The summed E-state index contributed by atoms with van der Waals surface area (Å²) >= 11 is 1.19. The number of rotatable bonds is 3. The van der Waals surface area contributed by atoms with E-state index in [1.807, 2.05) is 18.2 Å². The Morgan fingerprint density at radius 1 is 1.17 bits per heavy atom. The first-order chi connectivity index (χ1) is 19.6. The highest BCUT2D eigenvalue weighted by Gasteiger charge is 2.41. The summed E-state index contributed by atoms with van der Waals surface area (Å²) in [5.41, 5.74) is 2.15. The van der Waals surface area contributed by atoms with E-state index in [0.717, 1.165) is 43.1 Å². The summed E-state index contributed by atoms with van der Waals surface area (Å²) in [6.45, 7) is 24.2. The summed E-state index contributed by atoms with van der Waals surface area (Å²) in [4.78, 5) is 34.8. The van der Waals surface area contributed by atoms with Crippen LogP contribution in [0.4, 0.5) is 11.6 Å². The second-order valence-electron chi connectivity index (χ2n) is 14.1. The van der Waals surface area contributed by atoms with E-state index in [-0.39, 0.29) is 28.3 Å². The van der Waals surface area contributed by atoms with Gasteiger partial charge in [0.25, 0.3) is 5.91 Å². The maximum atomic E-state index is 13.6. The number of aromatic nitrogens is 3. The van der Waals surface area contributed by atoms with Gasteiger partial charge in [0.2, 0.25) is 0 Å². The highest BCUT2D eigenvalue weighted by Crippen LogP contribution is 2.41. The van der Waals surface area contributed by atoms with Crippen LogP contribution in [-0.4, -0.2) is 45.7 Å². The second kappa shape index (κ2) is 12.2. The summed E-state index contributed by atoms with van der Waals surface area (Å²) in [5.74, 6) is 2.33. The van der Waals surface area contributed by atoms with Gasteiger partial charge < -0.3 is 10.2 Å². The van der Waals surface area contributed by atoms with Gasteiger partial charge in [-0.25, -0.2) is 15.0 Å². The van der Waals surface area contributed by atoms with Crippen LogP contribution in [0, 0.1) is 11.3 Å². The average molecular weight is 590 g/mol. The van der Waals surface area contributed by atoms with Crippen molar-refractivity contribution in [3.8, 4) is 0 Å². The monoisotopic (exact) mass is 589 g/mol. The van der Waals surface area contributed by atoms with Gasteiger partial charge in [-0.2, -0.15) is 0 Å². The van der Waals surface area contributed by atoms with Crippen molar-refractivity contribution in [1.82, 2.24) is 19.7 Å². The number of fused-ring (bicyclic) bond motifs is 6. The van der Waals surface area contributed by atoms with E-state index >= 15 is 0 Å². The summed E-state index contributed by atoms with van der Waals surface area (Å²) < 4.78 is 2.99. The van der Waals surface area contributed by atoms with Crippen molar-refractivity contribution >= 4 is 36.2 Å². The maximum absolute atomic E-state index is 13.6. The Hall–Kier alpha value is -3.20. The van der Waals surface area contributed by atoms with Crippen LogP contribution < -0.4 is 14.9 Å². The Labute approximate surface area is 256 Å². The predicted octanol–water partition coefficient (Wildman–Crippen LogP) is 7.36. The Morgan fingerprint density at radius 2 is 1.90 bits per heavy atom. The molecular weight excluding hydrogens is 542 g/mol. The third-order valence-corrected chi connectivity index (χ3v) is 8.80. The zero-order valence-electron chi connectivity index (χ0n) is 26.7. The highest BCUT2D eigenvalue weighted by atomic mass is 32.2. The highest BCUT2D eigenvalue weighted by molar-refractivity contribution is 7.97. The molecule has 2 N–H and O–H groups in total. The van der Waals surface area contributed by atoms with Gasteiger partial charge in [-0.1, -0.05) is 53.7 Å². The molecule has 0 spiro atoms. The van der Waals surface area contributed by atoms with Crippen LogP contribution in [0.25, 0.3) is 0 Å². The average Bonchev–Trinajstić information content (AvgIpc) is 3.22. The first-order valence-electron chi connectivity index (χ1n) is 14.8. The molecule has 0 aromatic carbocycles. The molecule has 2 aliphatic heterocycles. The van der Waals surface area contributed by atoms with Gasteiger partial charge >= 0.3 is 0 Å². The fourth-order valence-corrected chi connectivity index (χ4v) is 6.38. The summed E-state index contributed by atoms with van der Waals surface area (Å²) in [6, 6.07) is 5.71. The van der Waals surface area contributed by atoms with E-state index < -0.39 is 0 Å². The Balaban J connectivity index is 1.78. The molecule has 2 aromatic heterocycles. The van der Waals surface area contributed by atoms with Crippen LogP contribution >= 0.6 is 11.9 Å². The molecule has 0 saturated carbocycles. The minimum atomic E-state index is -0.247.